The smallest absolute Gasteiger partial charge is 0.323 e. The summed E-state index contributed by atoms with van der Waals surface area (Å²) in [6.45, 7) is 3.86. The van der Waals surface area contributed by atoms with Crippen LogP contribution >= 0.6 is 11.3 Å². The molecule has 0 atom stereocenters. The molecule has 0 radical (unpaired) electrons. The predicted molar refractivity (Wildman–Crippen MR) is 116 cm³/mol. The molecule has 4 rings (SSSR count). The number of hydrogen-bond donors (Lipinski definition) is 3. The number of carbonyl (C=O) groups excluding carboxylic acids is 1. The molecule has 2 amide bonds. The first kappa shape index (κ1) is 18.8. The minimum absolute atomic E-state index is 0.0836. The molecule has 29 heavy (non-hydrogen) atoms. The lowest BCUT2D eigenvalue weighted by Gasteiger charge is -2.10. The van der Waals surface area contributed by atoms with Gasteiger partial charge in [0.05, 0.1) is 11.1 Å². The first-order valence-corrected chi connectivity index (χ1v) is 9.68. The molecule has 6 nitrogen and oxygen atoms in total. The van der Waals surface area contributed by atoms with E-state index in [1.807, 2.05) is 32.0 Å². The van der Waals surface area contributed by atoms with Crippen LogP contribution in [0.15, 0.2) is 48.8 Å². The summed E-state index contributed by atoms with van der Waals surface area (Å²) >= 11 is 1.48. The van der Waals surface area contributed by atoms with Gasteiger partial charge < -0.3 is 16.4 Å². The number of carbonyl (C=O) groups is 1. The van der Waals surface area contributed by atoms with Gasteiger partial charge in [-0.25, -0.2) is 19.2 Å². The summed E-state index contributed by atoms with van der Waals surface area (Å²) in [6.07, 6.45) is 1.41. The Bertz CT molecular complexity index is 1240. The normalized spacial score (nSPS) is 10.9. The second-order valence-electron chi connectivity index (χ2n) is 6.62. The highest BCUT2D eigenvalue weighted by molar-refractivity contribution is 7.19. The third-order valence-corrected chi connectivity index (χ3v) is 5.49. The van der Waals surface area contributed by atoms with Crippen LogP contribution in [0.3, 0.4) is 0 Å². The number of amides is 2. The zero-order chi connectivity index (χ0) is 20.5. The SMILES string of the molecule is Cc1cccc(NC(=O)Nc2ccc(-c3c(C)sc4ncnc(N)c34)cc2F)c1. The fourth-order valence-corrected chi connectivity index (χ4v) is 4.21. The summed E-state index contributed by atoms with van der Waals surface area (Å²) in [5, 5.41) is 5.95. The predicted octanol–water partition coefficient (Wildman–Crippen LogP) is 5.34. The Labute approximate surface area is 170 Å². The molecule has 146 valence electrons. The summed E-state index contributed by atoms with van der Waals surface area (Å²) in [6, 6.07) is 11.5. The van der Waals surface area contributed by atoms with Gasteiger partial charge in [0.2, 0.25) is 0 Å². The van der Waals surface area contributed by atoms with Crippen LogP contribution in [0, 0.1) is 19.7 Å². The number of fused-ring (bicyclic) bond motifs is 1. The summed E-state index contributed by atoms with van der Waals surface area (Å²) in [5.41, 5.74) is 9.21. The van der Waals surface area contributed by atoms with E-state index in [1.54, 1.807) is 12.1 Å². The molecular formula is C21H18FN5OS. The van der Waals surface area contributed by atoms with Crippen LogP contribution in [0.5, 0.6) is 0 Å². The highest BCUT2D eigenvalue weighted by Crippen LogP contribution is 2.40. The van der Waals surface area contributed by atoms with Crippen LogP contribution in [-0.4, -0.2) is 16.0 Å². The summed E-state index contributed by atoms with van der Waals surface area (Å²) < 4.78 is 14.7. The highest BCUT2D eigenvalue weighted by atomic mass is 32.1. The number of aryl methyl sites for hydroxylation is 2. The van der Waals surface area contributed by atoms with Gasteiger partial charge in [0, 0.05) is 16.1 Å². The molecule has 0 aliphatic carbocycles. The van der Waals surface area contributed by atoms with E-state index < -0.39 is 11.8 Å². The van der Waals surface area contributed by atoms with Gasteiger partial charge in [0.1, 0.15) is 22.8 Å². The van der Waals surface area contributed by atoms with Crippen molar-refractivity contribution < 1.29 is 9.18 Å². The third-order valence-electron chi connectivity index (χ3n) is 4.48. The first-order valence-electron chi connectivity index (χ1n) is 8.86. The van der Waals surface area contributed by atoms with E-state index in [2.05, 4.69) is 20.6 Å². The largest absolute Gasteiger partial charge is 0.383 e. The molecule has 0 bridgehead atoms. The van der Waals surface area contributed by atoms with Crippen molar-refractivity contribution in [3.05, 3.63) is 65.0 Å². The number of nitrogens with one attached hydrogen (secondary N) is 2. The van der Waals surface area contributed by atoms with Crippen LogP contribution in [0.1, 0.15) is 10.4 Å². The number of anilines is 3. The second kappa shape index (κ2) is 7.48. The second-order valence-corrected chi connectivity index (χ2v) is 7.82. The van der Waals surface area contributed by atoms with Crippen molar-refractivity contribution in [3.63, 3.8) is 0 Å². The quantitative estimate of drug-likeness (QED) is 0.427. The Balaban J connectivity index is 1.61. The van der Waals surface area contributed by atoms with Crippen molar-refractivity contribution in [1.29, 1.82) is 0 Å². The van der Waals surface area contributed by atoms with Crippen LogP contribution in [-0.2, 0) is 0 Å². The molecule has 0 unspecified atom stereocenters. The number of nitrogen functional groups attached to an aromatic ring is 1. The maximum Gasteiger partial charge on any atom is 0.323 e. The lowest BCUT2D eigenvalue weighted by Crippen LogP contribution is -2.20. The molecular weight excluding hydrogens is 389 g/mol. The van der Waals surface area contributed by atoms with Gasteiger partial charge >= 0.3 is 6.03 Å². The van der Waals surface area contributed by atoms with Crippen molar-refractivity contribution in [2.45, 2.75) is 13.8 Å². The average Bonchev–Trinajstić information content (AvgIpc) is 3.00. The number of nitrogens with two attached hydrogens (primary N) is 1. The van der Waals surface area contributed by atoms with Crippen LogP contribution in [0.4, 0.5) is 26.4 Å². The standard InChI is InChI=1S/C21H18FN5OS/c1-11-4-3-5-14(8-11)26-21(28)27-16-7-6-13(9-15(16)22)17-12(2)29-20-18(17)19(23)24-10-25-20/h3-10H,1-2H3,(H2,23,24,25)(H2,26,27,28). The van der Waals surface area contributed by atoms with Gasteiger partial charge in [0.25, 0.3) is 0 Å². The minimum Gasteiger partial charge on any atom is -0.383 e. The maximum absolute atomic E-state index is 14.7. The highest BCUT2D eigenvalue weighted by Gasteiger charge is 2.17. The Morgan fingerprint density at radius 1 is 1.10 bits per heavy atom. The van der Waals surface area contributed by atoms with Crippen LogP contribution in [0.25, 0.3) is 21.3 Å². The molecule has 0 fully saturated rings. The minimum atomic E-state index is -0.545. The van der Waals surface area contributed by atoms with E-state index in [0.717, 1.165) is 20.8 Å². The van der Waals surface area contributed by atoms with Crippen molar-refractivity contribution in [2.24, 2.45) is 0 Å². The van der Waals surface area contributed by atoms with Crippen LogP contribution < -0.4 is 16.4 Å². The Hall–Kier alpha value is -3.52. The van der Waals surface area contributed by atoms with Gasteiger partial charge in [-0.1, -0.05) is 18.2 Å². The van der Waals surface area contributed by atoms with E-state index in [-0.39, 0.29) is 5.69 Å². The van der Waals surface area contributed by atoms with E-state index in [0.29, 0.717) is 22.5 Å². The molecule has 0 saturated carbocycles. The van der Waals surface area contributed by atoms with Crippen molar-refractivity contribution in [1.82, 2.24) is 9.97 Å². The molecule has 2 heterocycles. The third kappa shape index (κ3) is 3.74. The Kier molecular flexibility index (Phi) is 4.85. The Morgan fingerprint density at radius 2 is 1.93 bits per heavy atom. The summed E-state index contributed by atoms with van der Waals surface area (Å²) in [5.74, 6) is -0.189. The topological polar surface area (TPSA) is 92.9 Å². The molecule has 8 heteroatoms. The fourth-order valence-electron chi connectivity index (χ4n) is 3.19. The van der Waals surface area contributed by atoms with Gasteiger partial charge in [-0.15, -0.1) is 11.3 Å². The van der Waals surface area contributed by atoms with E-state index in [1.165, 1.54) is 29.8 Å². The van der Waals surface area contributed by atoms with Gasteiger partial charge in [-0.05, 0) is 49.2 Å². The van der Waals surface area contributed by atoms with Gasteiger partial charge in [0.15, 0.2) is 0 Å². The summed E-state index contributed by atoms with van der Waals surface area (Å²) in [7, 11) is 0. The zero-order valence-corrected chi connectivity index (χ0v) is 16.6. The van der Waals surface area contributed by atoms with Crippen molar-refractivity contribution >= 4 is 44.8 Å². The molecule has 2 aromatic heterocycles. The molecule has 4 aromatic rings. The number of nitrogens with zero attached hydrogens (tertiary/aromatic N) is 2. The molecule has 0 aliphatic rings. The van der Waals surface area contributed by atoms with E-state index in [4.69, 9.17) is 5.73 Å². The lowest BCUT2D eigenvalue weighted by molar-refractivity contribution is 0.262. The lowest BCUT2D eigenvalue weighted by atomic mass is 10.0. The van der Waals surface area contributed by atoms with E-state index >= 15 is 0 Å². The number of thiophene rings is 1. The number of halogens is 1. The monoisotopic (exact) mass is 407 g/mol. The van der Waals surface area contributed by atoms with Crippen molar-refractivity contribution in [2.75, 3.05) is 16.4 Å². The molecule has 0 aliphatic heterocycles. The summed E-state index contributed by atoms with van der Waals surface area (Å²) in [4.78, 5) is 22.2. The Morgan fingerprint density at radius 3 is 2.69 bits per heavy atom. The number of aromatic nitrogens is 2. The van der Waals surface area contributed by atoms with E-state index in [9.17, 15) is 9.18 Å². The fraction of sp³-hybridized carbons (Fsp3) is 0.0952. The number of benzene rings is 2. The van der Waals surface area contributed by atoms with Crippen molar-refractivity contribution in [3.8, 4) is 11.1 Å². The molecule has 2 aromatic carbocycles. The number of rotatable bonds is 3. The zero-order valence-electron chi connectivity index (χ0n) is 15.8. The average molecular weight is 407 g/mol. The first-order chi connectivity index (χ1) is 13.9. The van der Waals surface area contributed by atoms with Gasteiger partial charge in [-0.2, -0.15) is 0 Å². The molecule has 0 spiro atoms. The van der Waals surface area contributed by atoms with Gasteiger partial charge in [-0.3, -0.25) is 0 Å². The maximum atomic E-state index is 14.7. The number of urea groups is 1. The molecule has 4 N–H and O–H groups in total. The van der Waals surface area contributed by atoms with Crippen LogP contribution in [0.2, 0.25) is 0 Å². The number of hydrogen-bond acceptors (Lipinski definition) is 5. The molecule has 0 saturated heterocycles.